The van der Waals surface area contributed by atoms with Crippen LogP contribution in [0.3, 0.4) is 0 Å². The Bertz CT molecular complexity index is 389. The highest BCUT2D eigenvalue weighted by atomic mass is 32.2. The highest BCUT2D eigenvalue weighted by molar-refractivity contribution is 7.93. The molecule has 4 nitrogen and oxygen atoms in total. The molecule has 1 unspecified atom stereocenters. The second-order valence-electron chi connectivity index (χ2n) is 3.38. The lowest BCUT2D eigenvalue weighted by atomic mass is 10.3. The molecule has 0 heterocycles. The predicted octanol–water partition coefficient (Wildman–Crippen LogP) is 1.04. The molecule has 0 aromatic heterocycles. The molecule has 0 radical (unpaired) electrons. The van der Waals surface area contributed by atoms with Crippen molar-refractivity contribution in [2.24, 2.45) is 0 Å². The molecule has 1 aromatic rings. The maximum atomic E-state index is 11.7. The van der Waals surface area contributed by atoms with Crippen LogP contribution in [0.25, 0.3) is 0 Å². The van der Waals surface area contributed by atoms with Gasteiger partial charge in [0.05, 0.1) is 5.25 Å². The summed E-state index contributed by atoms with van der Waals surface area (Å²) in [6.07, 6.45) is 0. The van der Waals surface area contributed by atoms with Crippen molar-refractivity contribution < 1.29 is 8.42 Å². The fourth-order valence-corrected chi connectivity index (χ4v) is 2.22. The Hall–Kier alpha value is -1.07. The van der Waals surface area contributed by atoms with Crippen LogP contribution in [0.4, 0.5) is 5.69 Å². The molecule has 15 heavy (non-hydrogen) atoms. The van der Waals surface area contributed by atoms with Crippen LogP contribution in [0.2, 0.25) is 0 Å². The van der Waals surface area contributed by atoms with Crippen molar-refractivity contribution >= 4 is 15.7 Å². The molecule has 84 valence electrons. The van der Waals surface area contributed by atoms with Gasteiger partial charge in [0.15, 0.2) is 0 Å². The van der Waals surface area contributed by atoms with Gasteiger partial charge in [-0.3, -0.25) is 4.72 Å². The number of para-hydroxylation sites is 1. The Morgan fingerprint density at radius 2 is 1.87 bits per heavy atom. The maximum absolute atomic E-state index is 11.7. The summed E-state index contributed by atoms with van der Waals surface area (Å²) < 4.78 is 26.0. The molecule has 0 saturated heterocycles. The summed E-state index contributed by atoms with van der Waals surface area (Å²) in [5.74, 6) is 0. The van der Waals surface area contributed by atoms with E-state index in [1.807, 2.05) is 6.07 Å². The quantitative estimate of drug-likeness (QED) is 0.791. The summed E-state index contributed by atoms with van der Waals surface area (Å²) >= 11 is 0. The molecular weight excluding hydrogens is 212 g/mol. The number of benzene rings is 1. The summed E-state index contributed by atoms with van der Waals surface area (Å²) in [5, 5.41) is 2.38. The minimum atomic E-state index is -3.29. The molecule has 0 saturated carbocycles. The third kappa shape index (κ3) is 3.53. The normalized spacial score (nSPS) is 13.5. The van der Waals surface area contributed by atoms with E-state index in [0.29, 0.717) is 12.2 Å². The number of hydrogen-bond donors (Lipinski definition) is 2. The van der Waals surface area contributed by atoms with Crippen molar-refractivity contribution in [2.45, 2.75) is 12.2 Å². The summed E-state index contributed by atoms with van der Waals surface area (Å²) in [6.45, 7) is 2.10. The number of sulfonamides is 1. The largest absolute Gasteiger partial charge is 0.318 e. The topological polar surface area (TPSA) is 58.2 Å². The minimum Gasteiger partial charge on any atom is -0.318 e. The van der Waals surface area contributed by atoms with Crippen molar-refractivity contribution in [1.82, 2.24) is 5.32 Å². The zero-order valence-corrected chi connectivity index (χ0v) is 9.71. The number of rotatable bonds is 5. The lowest BCUT2D eigenvalue weighted by Crippen LogP contribution is -2.33. The Balaban J connectivity index is 2.73. The van der Waals surface area contributed by atoms with Gasteiger partial charge in [-0.1, -0.05) is 18.2 Å². The first-order chi connectivity index (χ1) is 7.06. The van der Waals surface area contributed by atoms with Crippen LogP contribution in [-0.2, 0) is 10.0 Å². The third-order valence-electron chi connectivity index (χ3n) is 2.06. The standard InChI is InChI=1S/C10H16N2O2S/c1-9(8-11-2)15(13,14)12-10-6-4-3-5-7-10/h3-7,9,11-12H,8H2,1-2H3. The van der Waals surface area contributed by atoms with E-state index in [-0.39, 0.29) is 0 Å². The van der Waals surface area contributed by atoms with Gasteiger partial charge in [-0.2, -0.15) is 0 Å². The highest BCUT2D eigenvalue weighted by Crippen LogP contribution is 2.10. The molecule has 0 bridgehead atoms. The lowest BCUT2D eigenvalue weighted by molar-refractivity contribution is 0.584. The van der Waals surface area contributed by atoms with Gasteiger partial charge in [-0.05, 0) is 26.1 Å². The van der Waals surface area contributed by atoms with Crippen LogP contribution in [0.1, 0.15) is 6.92 Å². The van der Waals surface area contributed by atoms with E-state index < -0.39 is 15.3 Å². The molecule has 1 rings (SSSR count). The SMILES string of the molecule is CNCC(C)S(=O)(=O)Nc1ccccc1. The molecule has 0 aliphatic rings. The monoisotopic (exact) mass is 228 g/mol. The van der Waals surface area contributed by atoms with Crippen molar-refractivity contribution in [3.05, 3.63) is 30.3 Å². The van der Waals surface area contributed by atoms with E-state index in [1.54, 1.807) is 38.2 Å². The molecular formula is C10H16N2O2S. The first-order valence-corrected chi connectivity index (χ1v) is 6.32. The molecule has 2 N–H and O–H groups in total. The molecule has 0 spiro atoms. The lowest BCUT2D eigenvalue weighted by Gasteiger charge is -2.14. The van der Waals surface area contributed by atoms with Crippen LogP contribution < -0.4 is 10.0 Å². The van der Waals surface area contributed by atoms with Crippen LogP contribution in [0, 0.1) is 0 Å². The van der Waals surface area contributed by atoms with Gasteiger partial charge >= 0.3 is 0 Å². The maximum Gasteiger partial charge on any atom is 0.236 e. The van der Waals surface area contributed by atoms with Gasteiger partial charge in [0, 0.05) is 12.2 Å². The number of nitrogens with one attached hydrogen (secondary N) is 2. The third-order valence-corrected chi connectivity index (χ3v) is 3.80. The van der Waals surface area contributed by atoms with Crippen LogP contribution in [0.5, 0.6) is 0 Å². The van der Waals surface area contributed by atoms with Crippen molar-refractivity contribution in [1.29, 1.82) is 0 Å². The Morgan fingerprint density at radius 3 is 2.40 bits per heavy atom. The van der Waals surface area contributed by atoms with E-state index in [9.17, 15) is 8.42 Å². The van der Waals surface area contributed by atoms with Crippen molar-refractivity contribution in [3.63, 3.8) is 0 Å². The number of hydrogen-bond acceptors (Lipinski definition) is 3. The van der Waals surface area contributed by atoms with Crippen LogP contribution in [-0.4, -0.2) is 27.3 Å². The predicted molar refractivity (Wildman–Crippen MR) is 62.4 cm³/mol. The molecule has 0 fully saturated rings. The first kappa shape index (κ1) is 12.0. The fraction of sp³-hybridized carbons (Fsp3) is 0.400. The summed E-state index contributed by atoms with van der Waals surface area (Å²) in [4.78, 5) is 0. The average Bonchev–Trinajstić information content (AvgIpc) is 2.19. The van der Waals surface area contributed by atoms with Crippen LogP contribution in [0.15, 0.2) is 30.3 Å². The van der Waals surface area contributed by atoms with E-state index in [0.717, 1.165) is 0 Å². The molecule has 0 aliphatic heterocycles. The average molecular weight is 228 g/mol. The Kier molecular flexibility index (Phi) is 4.11. The van der Waals surface area contributed by atoms with E-state index >= 15 is 0 Å². The smallest absolute Gasteiger partial charge is 0.236 e. The molecule has 1 atom stereocenters. The Morgan fingerprint density at radius 1 is 1.27 bits per heavy atom. The van der Waals surface area contributed by atoms with Crippen molar-refractivity contribution in [2.75, 3.05) is 18.3 Å². The van der Waals surface area contributed by atoms with Gasteiger partial charge in [-0.15, -0.1) is 0 Å². The van der Waals surface area contributed by atoms with Gasteiger partial charge in [0.2, 0.25) is 10.0 Å². The Labute approximate surface area is 90.8 Å². The second kappa shape index (κ2) is 5.14. The summed E-state index contributed by atoms with van der Waals surface area (Å²) in [7, 11) is -1.56. The molecule has 0 amide bonds. The fourth-order valence-electron chi connectivity index (χ4n) is 1.17. The van der Waals surface area contributed by atoms with E-state index in [2.05, 4.69) is 10.0 Å². The highest BCUT2D eigenvalue weighted by Gasteiger charge is 2.19. The second-order valence-corrected chi connectivity index (χ2v) is 5.48. The molecule has 1 aromatic carbocycles. The van der Waals surface area contributed by atoms with Gasteiger partial charge in [0.25, 0.3) is 0 Å². The first-order valence-electron chi connectivity index (χ1n) is 4.77. The van der Waals surface area contributed by atoms with E-state index in [4.69, 9.17) is 0 Å². The summed E-state index contributed by atoms with van der Waals surface area (Å²) in [6, 6.07) is 8.88. The number of anilines is 1. The van der Waals surface area contributed by atoms with E-state index in [1.165, 1.54) is 0 Å². The molecule has 5 heteroatoms. The summed E-state index contributed by atoms with van der Waals surface area (Å²) in [5.41, 5.74) is 0.598. The van der Waals surface area contributed by atoms with Gasteiger partial charge in [-0.25, -0.2) is 8.42 Å². The zero-order chi connectivity index (χ0) is 11.3. The van der Waals surface area contributed by atoms with Crippen molar-refractivity contribution in [3.8, 4) is 0 Å². The molecule has 0 aliphatic carbocycles. The van der Waals surface area contributed by atoms with Gasteiger partial charge in [0.1, 0.15) is 0 Å². The minimum absolute atomic E-state index is 0.433. The zero-order valence-electron chi connectivity index (χ0n) is 8.90. The van der Waals surface area contributed by atoms with Crippen LogP contribution >= 0.6 is 0 Å². The van der Waals surface area contributed by atoms with Gasteiger partial charge < -0.3 is 5.32 Å².